The number of benzene rings is 1. The minimum absolute atomic E-state index is 0. The van der Waals surface area contributed by atoms with E-state index in [9.17, 15) is 9.59 Å². The molecule has 2 rings (SSSR count). The number of nitrogens with one attached hydrogen (secondary N) is 2. The number of hydrogen-bond donors (Lipinski definition) is 2. The molecule has 1 radical (unpaired) electrons. The fraction of sp³-hybridized carbons (Fsp3) is 0. The molecule has 0 fully saturated rings. The molecule has 0 aliphatic rings. The van der Waals surface area contributed by atoms with Crippen LogP contribution in [-0.4, -0.2) is 9.97 Å². The van der Waals surface area contributed by atoms with Gasteiger partial charge in [0.15, 0.2) is 5.56 Å². The first-order valence-electron chi connectivity index (χ1n) is 3.99. The second-order valence-corrected chi connectivity index (χ2v) is 2.68. The molecule has 15 heavy (non-hydrogen) atoms. The molecule has 2 aromatic rings. The van der Waals surface area contributed by atoms with Gasteiger partial charge in [-0.3, -0.25) is 15.3 Å². The summed E-state index contributed by atoms with van der Waals surface area (Å²) in [6, 6.07) is 12.4. The van der Waals surface area contributed by atoms with E-state index in [-0.39, 0.29) is 18.6 Å². The Bertz CT molecular complexity index is 517. The smallest absolute Gasteiger partial charge is 0.382 e. The Morgan fingerprint density at radius 2 is 1.93 bits per heavy atom. The molecule has 1 aromatic heterocycles. The van der Waals surface area contributed by atoms with Crippen LogP contribution in [0.15, 0.2) is 33.9 Å². The molecule has 5 heteroatoms. The molecule has 0 amide bonds. The molecule has 0 atom stereocenters. The van der Waals surface area contributed by atoms with Gasteiger partial charge in [-0.2, -0.15) is 17.8 Å². The number of rotatable bonds is 1. The van der Waals surface area contributed by atoms with Crippen LogP contribution >= 0.6 is 0 Å². The van der Waals surface area contributed by atoms with Gasteiger partial charge in [0.1, 0.15) is 0 Å². The summed E-state index contributed by atoms with van der Waals surface area (Å²) >= 11 is 0. The van der Waals surface area contributed by atoms with Gasteiger partial charge in [0.25, 0.3) is 0 Å². The van der Waals surface area contributed by atoms with Crippen molar-refractivity contribution in [3.63, 3.8) is 0 Å². The van der Waals surface area contributed by atoms with Gasteiger partial charge in [0.2, 0.25) is 0 Å². The van der Waals surface area contributed by atoms with Crippen molar-refractivity contribution in [3.8, 4) is 11.3 Å². The number of hydrogen-bond acceptors (Lipinski definition) is 2. The van der Waals surface area contributed by atoms with Gasteiger partial charge in [-0.25, -0.2) is 23.0 Å². The van der Waals surface area contributed by atoms with E-state index in [4.69, 9.17) is 0 Å². The SMILES string of the molecule is O=c1[c-]c(-c2[c-]cccc2)[nH]c(=O)[nH]1.[V+2]. The number of H-pyrrole nitrogens is 2. The van der Waals surface area contributed by atoms with Gasteiger partial charge in [0, 0.05) is 0 Å². The van der Waals surface area contributed by atoms with Crippen LogP contribution in [0.5, 0.6) is 0 Å². The molecule has 0 unspecified atom stereocenters. The summed E-state index contributed by atoms with van der Waals surface area (Å²) in [5, 5.41) is 0. The van der Waals surface area contributed by atoms with Gasteiger partial charge in [-0.1, -0.05) is 0 Å². The summed E-state index contributed by atoms with van der Waals surface area (Å²) in [6.07, 6.45) is 0. The normalized spacial score (nSPS) is 9.33. The Labute approximate surface area is 97.3 Å². The molecule has 1 aromatic carbocycles. The van der Waals surface area contributed by atoms with E-state index in [2.05, 4.69) is 17.1 Å². The van der Waals surface area contributed by atoms with Crippen molar-refractivity contribution < 1.29 is 18.6 Å². The summed E-state index contributed by atoms with van der Waals surface area (Å²) < 4.78 is 0. The van der Waals surface area contributed by atoms with E-state index >= 15 is 0 Å². The van der Waals surface area contributed by atoms with Crippen molar-refractivity contribution in [2.45, 2.75) is 0 Å². The Kier molecular flexibility index (Phi) is 3.71. The van der Waals surface area contributed by atoms with Crippen LogP contribution in [0.1, 0.15) is 0 Å². The van der Waals surface area contributed by atoms with Gasteiger partial charge < -0.3 is 4.98 Å². The maximum absolute atomic E-state index is 10.9. The first-order chi connectivity index (χ1) is 6.75. The Morgan fingerprint density at radius 3 is 2.53 bits per heavy atom. The van der Waals surface area contributed by atoms with Crippen molar-refractivity contribution in [1.82, 2.24) is 9.97 Å². The zero-order chi connectivity index (χ0) is 9.97. The topological polar surface area (TPSA) is 65.7 Å². The van der Waals surface area contributed by atoms with Crippen LogP contribution < -0.4 is 11.2 Å². The average Bonchev–Trinajstić information content (AvgIpc) is 2.18. The van der Waals surface area contributed by atoms with Crippen molar-refractivity contribution in [2.75, 3.05) is 0 Å². The van der Waals surface area contributed by atoms with Gasteiger partial charge in [0.05, 0.1) is 0 Å². The van der Waals surface area contributed by atoms with Crippen LogP contribution in [-0.2, 0) is 18.6 Å². The predicted octanol–water partition coefficient (Wildman–Crippen LogP) is 0.328. The number of aromatic amines is 2. The molecule has 73 valence electrons. The fourth-order valence-electron chi connectivity index (χ4n) is 1.11. The van der Waals surface area contributed by atoms with Crippen LogP contribution in [0.4, 0.5) is 0 Å². The zero-order valence-corrected chi connectivity index (χ0v) is 8.97. The molecular weight excluding hydrogens is 231 g/mol. The van der Waals surface area contributed by atoms with Gasteiger partial charge in [-0.15, -0.1) is 6.07 Å². The van der Waals surface area contributed by atoms with Gasteiger partial charge >= 0.3 is 24.2 Å². The molecule has 4 nitrogen and oxygen atoms in total. The summed E-state index contributed by atoms with van der Waals surface area (Å²) in [7, 11) is 0. The van der Waals surface area contributed by atoms with Gasteiger partial charge in [-0.05, 0) is 0 Å². The van der Waals surface area contributed by atoms with E-state index < -0.39 is 11.2 Å². The van der Waals surface area contributed by atoms with E-state index in [0.29, 0.717) is 11.3 Å². The Hall–Kier alpha value is -1.52. The Balaban J connectivity index is 0.00000112. The monoisotopic (exact) mass is 237 g/mol. The average molecular weight is 237 g/mol. The first-order valence-corrected chi connectivity index (χ1v) is 3.99. The van der Waals surface area contributed by atoms with Crippen LogP contribution in [0.3, 0.4) is 0 Å². The molecule has 0 aliphatic heterocycles. The second kappa shape index (κ2) is 4.82. The third kappa shape index (κ3) is 2.71. The third-order valence-electron chi connectivity index (χ3n) is 1.68. The third-order valence-corrected chi connectivity index (χ3v) is 1.68. The molecule has 0 bridgehead atoms. The molecule has 0 saturated carbocycles. The molecule has 1 heterocycles. The molecule has 0 saturated heterocycles. The first kappa shape index (κ1) is 11.6. The zero-order valence-electron chi connectivity index (χ0n) is 7.57. The molecular formula is C10H6N2O2V. The van der Waals surface area contributed by atoms with E-state index in [1.807, 2.05) is 4.98 Å². The predicted molar refractivity (Wildman–Crippen MR) is 50.8 cm³/mol. The van der Waals surface area contributed by atoms with Crippen molar-refractivity contribution >= 4 is 0 Å². The maximum atomic E-state index is 10.9. The summed E-state index contributed by atoms with van der Waals surface area (Å²) in [5.41, 5.74) is -0.0999. The number of aromatic nitrogens is 2. The van der Waals surface area contributed by atoms with Crippen molar-refractivity contribution in [3.05, 3.63) is 57.2 Å². The van der Waals surface area contributed by atoms with Crippen LogP contribution in [0.25, 0.3) is 11.3 Å². The minimum atomic E-state index is -0.541. The maximum Gasteiger partial charge on any atom is 2.00 e. The van der Waals surface area contributed by atoms with Crippen molar-refractivity contribution in [1.29, 1.82) is 0 Å². The van der Waals surface area contributed by atoms with Crippen LogP contribution in [0, 0.1) is 12.1 Å². The quantitative estimate of drug-likeness (QED) is 0.702. The standard InChI is InChI=1S/C10H6N2O2.V/c13-9-6-8(11-10(14)12-9)7-4-2-1-3-5-7;/h1-4H,(H2,11,12,13,14);/q-2;+2. The summed E-state index contributed by atoms with van der Waals surface area (Å²) in [4.78, 5) is 26.4. The fourth-order valence-corrected chi connectivity index (χ4v) is 1.11. The van der Waals surface area contributed by atoms with Crippen LogP contribution in [0.2, 0.25) is 0 Å². The largest absolute Gasteiger partial charge is 2.00 e. The Morgan fingerprint density at radius 1 is 1.13 bits per heavy atom. The van der Waals surface area contributed by atoms with Crippen molar-refractivity contribution in [2.24, 2.45) is 0 Å². The van der Waals surface area contributed by atoms with E-state index in [0.717, 1.165) is 0 Å². The second-order valence-electron chi connectivity index (χ2n) is 2.68. The van der Waals surface area contributed by atoms with E-state index in [1.54, 1.807) is 24.3 Å². The molecule has 2 N–H and O–H groups in total. The minimum Gasteiger partial charge on any atom is -0.382 e. The summed E-state index contributed by atoms with van der Waals surface area (Å²) in [5.74, 6) is 0. The van der Waals surface area contributed by atoms with E-state index in [1.165, 1.54) is 0 Å². The summed E-state index contributed by atoms with van der Waals surface area (Å²) in [6.45, 7) is 0. The molecule has 0 spiro atoms. The molecule has 0 aliphatic carbocycles.